The molecule has 5 nitrogen and oxygen atoms in total. The summed E-state index contributed by atoms with van der Waals surface area (Å²) in [6.45, 7) is 2.80. The van der Waals surface area contributed by atoms with Gasteiger partial charge in [0.2, 0.25) is 0 Å². The first-order chi connectivity index (χ1) is 11.8. The van der Waals surface area contributed by atoms with E-state index in [1.807, 2.05) is 0 Å². The number of esters is 1. The summed E-state index contributed by atoms with van der Waals surface area (Å²) in [4.78, 5) is 35.3. The molecule has 1 unspecified atom stereocenters. The number of halogens is 2. The lowest BCUT2D eigenvalue weighted by molar-refractivity contribution is -0.123. The van der Waals surface area contributed by atoms with E-state index >= 15 is 0 Å². The van der Waals surface area contributed by atoms with E-state index in [0.29, 0.717) is 11.3 Å². The summed E-state index contributed by atoms with van der Waals surface area (Å²) in [5.41, 5.74) is 0.596. The van der Waals surface area contributed by atoms with Crippen LogP contribution in [-0.4, -0.2) is 23.8 Å². The van der Waals surface area contributed by atoms with Crippen LogP contribution in [0.4, 0.5) is 10.1 Å². The number of carbonyl (C=O) groups is 3. The van der Waals surface area contributed by atoms with Gasteiger partial charge in [-0.2, -0.15) is 0 Å². The molecular weight excluding hydrogens is 349 g/mol. The zero-order valence-electron chi connectivity index (χ0n) is 13.5. The molecule has 1 N–H and O–H groups in total. The Morgan fingerprint density at radius 1 is 1.12 bits per heavy atom. The van der Waals surface area contributed by atoms with Crippen LogP contribution in [-0.2, 0) is 9.53 Å². The van der Waals surface area contributed by atoms with Gasteiger partial charge in [-0.15, -0.1) is 0 Å². The summed E-state index contributed by atoms with van der Waals surface area (Å²) >= 11 is 5.72. The maximum absolute atomic E-state index is 13.6. The Morgan fingerprint density at radius 3 is 2.36 bits per heavy atom. The highest BCUT2D eigenvalue weighted by molar-refractivity contribution is 6.30. The molecule has 25 heavy (non-hydrogen) atoms. The number of amides is 1. The Labute approximate surface area is 148 Å². The van der Waals surface area contributed by atoms with Crippen LogP contribution >= 0.6 is 11.6 Å². The van der Waals surface area contributed by atoms with E-state index in [1.165, 1.54) is 19.9 Å². The second-order valence-corrected chi connectivity index (χ2v) is 5.73. The van der Waals surface area contributed by atoms with Crippen molar-refractivity contribution in [2.24, 2.45) is 0 Å². The summed E-state index contributed by atoms with van der Waals surface area (Å²) in [6, 6.07) is 9.71. The summed E-state index contributed by atoms with van der Waals surface area (Å²) in [7, 11) is 0. The van der Waals surface area contributed by atoms with Gasteiger partial charge in [0.15, 0.2) is 11.9 Å². The third-order valence-electron chi connectivity index (χ3n) is 3.36. The number of carbonyl (C=O) groups excluding carboxylic acids is 3. The molecule has 0 saturated carbocycles. The Bertz CT molecular complexity index is 820. The molecule has 0 aliphatic carbocycles. The van der Waals surface area contributed by atoms with Crippen LogP contribution in [0.1, 0.15) is 34.6 Å². The van der Waals surface area contributed by atoms with Crippen LogP contribution in [0, 0.1) is 5.82 Å². The molecule has 0 saturated heterocycles. The van der Waals surface area contributed by atoms with Gasteiger partial charge in [-0.05, 0) is 56.3 Å². The van der Waals surface area contributed by atoms with Gasteiger partial charge in [-0.25, -0.2) is 9.18 Å². The number of Topliss-reactive ketones (excluding diaryl/α,β-unsaturated/α-hetero) is 1. The second-order valence-electron chi connectivity index (χ2n) is 5.29. The molecule has 7 heteroatoms. The number of rotatable bonds is 5. The quantitative estimate of drug-likeness (QED) is 0.646. The minimum Gasteiger partial charge on any atom is -0.449 e. The fraction of sp³-hybridized carbons (Fsp3) is 0.167. The number of ether oxygens (including phenoxy) is 1. The zero-order valence-corrected chi connectivity index (χ0v) is 14.3. The summed E-state index contributed by atoms with van der Waals surface area (Å²) < 4.78 is 18.6. The Morgan fingerprint density at radius 2 is 1.76 bits per heavy atom. The molecule has 1 atom stereocenters. The van der Waals surface area contributed by atoms with Crippen molar-refractivity contribution in [3.63, 3.8) is 0 Å². The van der Waals surface area contributed by atoms with Gasteiger partial charge in [0, 0.05) is 16.3 Å². The molecule has 0 bridgehead atoms. The molecule has 0 aliphatic rings. The fourth-order valence-corrected chi connectivity index (χ4v) is 2.14. The first-order valence-electron chi connectivity index (χ1n) is 7.36. The minimum absolute atomic E-state index is 0.0938. The molecule has 1 amide bonds. The van der Waals surface area contributed by atoms with Gasteiger partial charge in [-0.1, -0.05) is 11.6 Å². The van der Waals surface area contributed by atoms with Gasteiger partial charge >= 0.3 is 5.97 Å². The molecule has 0 aromatic heterocycles. The van der Waals surface area contributed by atoms with Crippen molar-refractivity contribution in [2.45, 2.75) is 20.0 Å². The van der Waals surface area contributed by atoms with Crippen molar-refractivity contribution in [3.8, 4) is 0 Å². The summed E-state index contributed by atoms with van der Waals surface area (Å²) in [6.07, 6.45) is -1.15. The lowest BCUT2D eigenvalue weighted by Gasteiger charge is -2.14. The molecule has 0 aliphatic heterocycles. The molecule has 2 aromatic carbocycles. The van der Waals surface area contributed by atoms with Gasteiger partial charge in [-0.3, -0.25) is 9.59 Å². The van der Waals surface area contributed by atoms with E-state index in [-0.39, 0.29) is 16.4 Å². The largest absolute Gasteiger partial charge is 0.449 e. The van der Waals surface area contributed by atoms with E-state index in [4.69, 9.17) is 16.3 Å². The number of hydrogen-bond acceptors (Lipinski definition) is 4. The molecule has 0 heterocycles. The first-order valence-corrected chi connectivity index (χ1v) is 7.73. The number of nitrogens with one attached hydrogen (secondary N) is 1. The predicted octanol–water partition coefficient (Wildman–Crippen LogP) is 3.87. The van der Waals surface area contributed by atoms with E-state index < -0.39 is 23.8 Å². The Balaban J connectivity index is 2.01. The SMILES string of the molecule is CC(=O)c1ccc(NC(=O)C(C)OC(=O)c2cc(Cl)ccc2F)cc1. The lowest BCUT2D eigenvalue weighted by atomic mass is 10.1. The predicted molar refractivity (Wildman–Crippen MR) is 91.4 cm³/mol. The standard InChI is InChI=1S/C18H15ClFNO4/c1-10(22)12-3-6-14(7-4-12)21-17(23)11(2)25-18(24)15-9-13(19)5-8-16(15)20/h3-9,11H,1-2H3,(H,21,23). The lowest BCUT2D eigenvalue weighted by Crippen LogP contribution is -2.30. The van der Waals surface area contributed by atoms with Crippen molar-refractivity contribution in [1.29, 1.82) is 0 Å². The maximum atomic E-state index is 13.6. The second kappa shape index (κ2) is 7.90. The van der Waals surface area contributed by atoms with Crippen molar-refractivity contribution >= 4 is 34.9 Å². The van der Waals surface area contributed by atoms with Crippen molar-refractivity contribution < 1.29 is 23.5 Å². The first kappa shape index (κ1) is 18.6. The molecule has 2 rings (SSSR count). The van der Waals surface area contributed by atoms with E-state index in [9.17, 15) is 18.8 Å². The molecular formula is C18H15ClFNO4. The number of benzene rings is 2. The fourth-order valence-electron chi connectivity index (χ4n) is 1.96. The molecule has 130 valence electrons. The van der Waals surface area contributed by atoms with Gasteiger partial charge in [0.1, 0.15) is 5.82 Å². The highest BCUT2D eigenvalue weighted by Gasteiger charge is 2.21. The van der Waals surface area contributed by atoms with Crippen LogP contribution in [0.5, 0.6) is 0 Å². The average Bonchev–Trinajstić information content (AvgIpc) is 2.57. The third-order valence-corrected chi connectivity index (χ3v) is 3.60. The molecule has 2 aromatic rings. The van der Waals surface area contributed by atoms with Gasteiger partial charge in [0.25, 0.3) is 5.91 Å². The van der Waals surface area contributed by atoms with Gasteiger partial charge < -0.3 is 10.1 Å². The van der Waals surface area contributed by atoms with Crippen LogP contribution in [0.2, 0.25) is 5.02 Å². The number of anilines is 1. The normalized spacial score (nSPS) is 11.5. The molecule has 0 spiro atoms. The topological polar surface area (TPSA) is 72.5 Å². The number of ketones is 1. The summed E-state index contributed by atoms with van der Waals surface area (Å²) in [5, 5.41) is 2.72. The van der Waals surface area contributed by atoms with Crippen LogP contribution < -0.4 is 5.32 Å². The van der Waals surface area contributed by atoms with Crippen molar-refractivity contribution in [2.75, 3.05) is 5.32 Å². The monoisotopic (exact) mass is 363 g/mol. The zero-order chi connectivity index (χ0) is 18.6. The Kier molecular flexibility index (Phi) is 5.88. The maximum Gasteiger partial charge on any atom is 0.341 e. The van der Waals surface area contributed by atoms with E-state index in [0.717, 1.165) is 12.1 Å². The van der Waals surface area contributed by atoms with Crippen LogP contribution in [0.25, 0.3) is 0 Å². The van der Waals surface area contributed by atoms with Crippen molar-refractivity contribution in [3.05, 3.63) is 64.4 Å². The highest BCUT2D eigenvalue weighted by Crippen LogP contribution is 2.17. The van der Waals surface area contributed by atoms with Gasteiger partial charge in [0.05, 0.1) is 5.56 Å². The smallest absolute Gasteiger partial charge is 0.341 e. The van der Waals surface area contributed by atoms with Crippen molar-refractivity contribution in [1.82, 2.24) is 0 Å². The highest BCUT2D eigenvalue weighted by atomic mass is 35.5. The Hall–Kier alpha value is -2.73. The van der Waals surface area contributed by atoms with E-state index in [1.54, 1.807) is 24.3 Å². The molecule has 0 radical (unpaired) electrons. The third kappa shape index (κ3) is 4.87. The molecule has 0 fully saturated rings. The number of hydrogen-bond donors (Lipinski definition) is 1. The minimum atomic E-state index is -1.15. The summed E-state index contributed by atoms with van der Waals surface area (Å²) in [5.74, 6) is -2.47. The van der Waals surface area contributed by atoms with Crippen LogP contribution in [0.15, 0.2) is 42.5 Å². The average molecular weight is 364 g/mol. The van der Waals surface area contributed by atoms with E-state index in [2.05, 4.69) is 5.32 Å². The van der Waals surface area contributed by atoms with Crippen LogP contribution in [0.3, 0.4) is 0 Å².